The second kappa shape index (κ2) is 31.3. The van der Waals surface area contributed by atoms with Crippen LogP contribution in [0.2, 0.25) is 0 Å². The van der Waals surface area contributed by atoms with Crippen LogP contribution in [-0.2, 0) is 54.3 Å². The summed E-state index contributed by atoms with van der Waals surface area (Å²) in [7, 11) is 5.37. The number of rotatable bonds is 27. The van der Waals surface area contributed by atoms with Gasteiger partial charge in [0.1, 0.15) is 22.1 Å². The molecular formula is C56H83N7O12S3. The summed E-state index contributed by atoms with van der Waals surface area (Å²) in [6.07, 6.45) is 1.99. The number of unbranched alkanes of at least 4 members (excludes halogenated alkanes) is 1. The Hall–Kier alpha value is -5.58. The Morgan fingerprint density at radius 3 is 2.08 bits per heavy atom. The maximum Gasteiger partial charge on any atom is 0.309 e. The van der Waals surface area contributed by atoms with Gasteiger partial charge < -0.3 is 40.7 Å². The fourth-order valence-corrected chi connectivity index (χ4v) is 10.5. The van der Waals surface area contributed by atoms with E-state index in [1.54, 1.807) is 68.0 Å². The number of nitrogens with zero attached hydrogens (tertiary/aromatic N) is 3. The SMILES string of the molecule is CC[C@H](C)[C@H](CC(=O)C(C)(C)N(C)C)C(=O)N(C)[C@H](C[C@@H](OC(C)=O)c1nc(C(=O)N[C@@H](Cc2ccc(O)c(NC(=O)CCCCC(=O)C3NC(=O)/C=C/SCS/C=C/C(=O)N3)c2)CC(C)C(=O)OC(C)(C)C)cs1)C(C)C. The van der Waals surface area contributed by atoms with E-state index in [1.807, 2.05) is 60.5 Å². The zero-order valence-electron chi connectivity index (χ0n) is 47.8. The van der Waals surface area contributed by atoms with Crippen molar-refractivity contribution in [1.29, 1.82) is 0 Å². The van der Waals surface area contributed by atoms with Crippen LogP contribution in [0.3, 0.4) is 0 Å². The molecule has 1 aliphatic rings. The number of nitrogens with one attached hydrogen (secondary N) is 4. The van der Waals surface area contributed by atoms with E-state index in [0.717, 1.165) is 11.3 Å². The third-order valence-corrected chi connectivity index (χ3v) is 16.3. The number of phenols is 1. The zero-order chi connectivity index (χ0) is 58.7. The van der Waals surface area contributed by atoms with Crippen molar-refractivity contribution in [3.63, 3.8) is 0 Å². The average molecular weight is 1140 g/mol. The number of Topliss-reactive ketones (excluding diaryl/α,β-unsaturated/α-hetero) is 2. The van der Waals surface area contributed by atoms with Crippen LogP contribution >= 0.6 is 34.9 Å². The standard InChI is InChI=1S/C56H83N7O12S3/c1-15-34(4)39(29-46(67)56(10,11)62(12)13)53(72)63(14)42(33(2)3)30-45(74-36(6)64)52-59-41(31-78-52)51(71)57-38(26-35(5)54(73)75-55(7,8)9)27-37-20-21-43(65)40(28-37)58-47(68)19-17-16-18-44(66)50-60-48(69)22-24-76-32-77-25-23-49(70)61-50/h20-25,28,31,33-35,38-39,42,45,50,65H,15-19,26-27,29-30,32H2,1-14H3,(H,57,71)(H,58,68)(H,60,69)(H,61,70)/b24-22+,25-23+/t34-,35?,38+,39-,42+,45+/m0/s1. The predicted octanol–water partition coefficient (Wildman–Crippen LogP) is 8.09. The Morgan fingerprint density at radius 1 is 0.897 bits per heavy atom. The number of phenolic OH excluding ortho intramolecular Hbond substituents is 1. The van der Waals surface area contributed by atoms with Gasteiger partial charge in [0.15, 0.2) is 23.8 Å². The first-order valence-corrected chi connectivity index (χ1v) is 29.4. The van der Waals surface area contributed by atoms with Crippen molar-refractivity contribution < 1.29 is 57.7 Å². The van der Waals surface area contributed by atoms with Gasteiger partial charge in [-0.15, -0.1) is 34.9 Å². The molecule has 19 nitrogen and oxygen atoms in total. The number of hydrogen-bond acceptors (Lipinski definition) is 17. The van der Waals surface area contributed by atoms with Gasteiger partial charge in [-0.2, -0.15) is 0 Å². The molecule has 0 spiro atoms. The number of ketones is 2. The van der Waals surface area contributed by atoms with Crippen LogP contribution in [-0.4, -0.2) is 129 Å². The lowest BCUT2D eigenvalue weighted by molar-refractivity contribution is -0.160. The van der Waals surface area contributed by atoms with Gasteiger partial charge in [-0.3, -0.25) is 48.1 Å². The highest BCUT2D eigenvalue weighted by Gasteiger charge is 2.39. The molecule has 1 aliphatic heterocycles. The molecule has 2 heterocycles. The van der Waals surface area contributed by atoms with Crippen molar-refractivity contribution in [2.45, 2.75) is 169 Å². The Kier molecular flexibility index (Phi) is 26.7. The number of carbonyl (C=O) groups is 9. The van der Waals surface area contributed by atoms with Gasteiger partial charge in [-0.05, 0) is 115 Å². The second-order valence-corrected chi connectivity index (χ2v) is 24.9. The van der Waals surface area contributed by atoms with E-state index >= 15 is 0 Å². The van der Waals surface area contributed by atoms with E-state index in [2.05, 4.69) is 26.3 Å². The predicted molar refractivity (Wildman–Crippen MR) is 306 cm³/mol. The van der Waals surface area contributed by atoms with E-state index in [1.165, 1.54) is 48.7 Å². The number of esters is 2. The van der Waals surface area contributed by atoms with Crippen LogP contribution in [0.15, 0.2) is 46.5 Å². The number of carbonyl (C=O) groups excluding carboxylic acids is 9. The topological polar surface area (TPSA) is 260 Å². The highest BCUT2D eigenvalue weighted by molar-refractivity contribution is 8.18. The summed E-state index contributed by atoms with van der Waals surface area (Å²) in [6.45, 7) is 19.8. The van der Waals surface area contributed by atoms with Crippen LogP contribution in [0.1, 0.15) is 155 Å². The lowest BCUT2D eigenvalue weighted by Crippen LogP contribution is -2.52. The van der Waals surface area contributed by atoms with Crippen molar-refractivity contribution in [1.82, 2.24) is 30.7 Å². The second-order valence-electron chi connectivity index (χ2n) is 21.9. The number of aromatic hydroxyl groups is 1. The van der Waals surface area contributed by atoms with E-state index in [0.29, 0.717) is 22.1 Å². The summed E-state index contributed by atoms with van der Waals surface area (Å²) in [6, 6.07) is 3.43. The molecule has 6 atom stereocenters. The number of thioether (sulfide) groups is 2. The summed E-state index contributed by atoms with van der Waals surface area (Å²) in [5.41, 5.74) is -0.848. The van der Waals surface area contributed by atoms with Crippen molar-refractivity contribution >= 4 is 93.6 Å². The summed E-state index contributed by atoms with van der Waals surface area (Å²) in [5.74, 6) is -5.56. The first-order chi connectivity index (χ1) is 36.4. The van der Waals surface area contributed by atoms with Crippen LogP contribution in [0.25, 0.3) is 0 Å². The molecule has 0 fully saturated rings. The van der Waals surface area contributed by atoms with Crippen molar-refractivity contribution in [2.24, 2.45) is 23.7 Å². The third kappa shape index (κ3) is 21.9. The van der Waals surface area contributed by atoms with E-state index in [9.17, 15) is 48.3 Å². The number of hydrogen-bond donors (Lipinski definition) is 5. The van der Waals surface area contributed by atoms with Crippen LogP contribution < -0.4 is 21.3 Å². The Morgan fingerprint density at radius 2 is 1.51 bits per heavy atom. The van der Waals surface area contributed by atoms with Gasteiger partial charge in [0, 0.05) is 80.3 Å². The maximum absolute atomic E-state index is 14.4. The third-order valence-electron chi connectivity index (χ3n) is 13.6. The lowest BCUT2D eigenvalue weighted by Gasteiger charge is -2.38. The van der Waals surface area contributed by atoms with Crippen LogP contribution in [0.4, 0.5) is 5.69 Å². The number of benzene rings is 1. The smallest absolute Gasteiger partial charge is 0.309 e. The normalized spacial score (nSPS) is 16.9. The molecular weight excluding hydrogens is 1060 g/mol. The summed E-state index contributed by atoms with van der Waals surface area (Å²) in [4.78, 5) is 127. The fraction of sp³-hybridized carbons (Fsp3) is 0.607. The Labute approximate surface area is 473 Å². The molecule has 0 radical (unpaired) electrons. The minimum Gasteiger partial charge on any atom is -0.506 e. The van der Waals surface area contributed by atoms with Gasteiger partial charge >= 0.3 is 11.9 Å². The monoisotopic (exact) mass is 1140 g/mol. The quantitative estimate of drug-likeness (QED) is 0.0322. The Balaban J connectivity index is 1.82. The molecule has 1 aromatic heterocycles. The molecule has 1 unspecified atom stereocenters. The number of amides is 5. The van der Waals surface area contributed by atoms with Crippen LogP contribution in [0.5, 0.6) is 5.75 Å². The van der Waals surface area contributed by atoms with Crippen molar-refractivity contribution in [3.8, 4) is 5.75 Å². The largest absolute Gasteiger partial charge is 0.506 e. The van der Waals surface area contributed by atoms with Gasteiger partial charge in [-0.1, -0.05) is 47.1 Å². The van der Waals surface area contributed by atoms with Crippen molar-refractivity contribution in [2.75, 3.05) is 31.5 Å². The zero-order valence-corrected chi connectivity index (χ0v) is 50.3. The number of likely N-dealkylation sites (N-methyl/N-ethyl adjacent to an activating group) is 1. The summed E-state index contributed by atoms with van der Waals surface area (Å²) >= 11 is 3.84. The summed E-state index contributed by atoms with van der Waals surface area (Å²) < 4.78 is 11.5. The van der Waals surface area contributed by atoms with Crippen molar-refractivity contribution in [3.05, 3.63) is 62.8 Å². The molecule has 78 heavy (non-hydrogen) atoms. The highest BCUT2D eigenvalue weighted by atomic mass is 32.2. The first kappa shape index (κ1) is 66.7. The molecule has 0 bridgehead atoms. The molecule has 0 saturated heterocycles. The first-order valence-electron chi connectivity index (χ1n) is 26.4. The highest BCUT2D eigenvalue weighted by Crippen LogP contribution is 2.34. The molecule has 5 amide bonds. The molecule has 3 rings (SSSR count). The Bertz CT molecular complexity index is 2460. The minimum atomic E-state index is -1.26. The lowest BCUT2D eigenvalue weighted by atomic mass is 9.81. The molecule has 22 heteroatoms. The minimum absolute atomic E-state index is 0.0234. The van der Waals surface area contributed by atoms with E-state index in [-0.39, 0.29) is 92.0 Å². The molecule has 0 aliphatic carbocycles. The number of ether oxygens (including phenoxy) is 2. The molecule has 2 aromatic rings. The van der Waals surface area contributed by atoms with Gasteiger partial charge in [0.05, 0.1) is 17.1 Å². The molecule has 1 aromatic carbocycles. The van der Waals surface area contributed by atoms with Gasteiger partial charge in [0.25, 0.3) is 5.91 Å². The van der Waals surface area contributed by atoms with Gasteiger partial charge in [0.2, 0.25) is 23.6 Å². The fourth-order valence-electron chi connectivity index (χ4n) is 8.31. The molecule has 5 N–H and O–H groups in total. The van der Waals surface area contributed by atoms with E-state index < -0.39 is 88.7 Å². The van der Waals surface area contributed by atoms with Gasteiger partial charge in [-0.25, -0.2) is 4.98 Å². The molecule has 0 saturated carbocycles. The van der Waals surface area contributed by atoms with E-state index in [4.69, 9.17) is 9.47 Å². The number of thiazole rings is 1. The summed E-state index contributed by atoms with van der Waals surface area (Å²) in [5, 5.41) is 27.2. The average Bonchev–Trinajstić information content (AvgIpc) is 3.85. The maximum atomic E-state index is 14.4. The van der Waals surface area contributed by atoms with Crippen LogP contribution in [0, 0.1) is 23.7 Å². The molecule has 432 valence electrons. The number of aromatic nitrogens is 1. The number of anilines is 1.